The summed E-state index contributed by atoms with van der Waals surface area (Å²) in [7, 11) is 0. The van der Waals surface area contributed by atoms with E-state index in [4.69, 9.17) is 22.1 Å². The zero-order valence-corrected chi connectivity index (χ0v) is 12.5. The van der Waals surface area contributed by atoms with Crippen molar-refractivity contribution in [2.75, 3.05) is 12.3 Å². The summed E-state index contributed by atoms with van der Waals surface area (Å²) in [6.45, 7) is 5.51. The maximum atomic E-state index is 5.82. The van der Waals surface area contributed by atoms with Gasteiger partial charge in [-0.25, -0.2) is 4.68 Å². The smallest absolute Gasteiger partial charge is 0.169 e. The largest absolute Gasteiger partial charge is 0.494 e. The first-order chi connectivity index (χ1) is 9.58. The van der Waals surface area contributed by atoms with Gasteiger partial charge in [0, 0.05) is 18.0 Å². The number of nitrogen functional groups attached to an aromatic ring is 1. The molecule has 20 heavy (non-hydrogen) atoms. The van der Waals surface area contributed by atoms with E-state index in [1.165, 1.54) is 0 Å². The number of nitrogens with two attached hydrogens (primary N) is 1. The molecule has 1 heterocycles. The third-order valence-corrected chi connectivity index (χ3v) is 3.20. The standard InChI is InChI=1S/C14H19ClN4O/c1-10(2)13-14(16)17-18-19(13)8-3-9-20-12-6-4-11(15)5-7-12/h4-7,10H,3,8-9,16H2,1-2H3. The van der Waals surface area contributed by atoms with Crippen molar-refractivity contribution in [2.24, 2.45) is 0 Å². The Labute approximate surface area is 123 Å². The number of rotatable bonds is 6. The molecule has 2 aromatic rings. The van der Waals surface area contributed by atoms with Crippen LogP contribution in [0.15, 0.2) is 24.3 Å². The molecular weight excluding hydrogens is 276 g/mol. The van der Waals surface area contributed by atoms with E-state index in [9.17, 15) is 0 Å². The molecule has 0 fully saturated rings. The second kappa shape index (κ2) is 6.61. The van der Waals surface area contributed by atoms with E-state index in [2.05, 4.69) is 24.2 Å². The minimum atomic E-state index is 0.308. The summed E-state index contributed by atoms with van der Waals surface area (Å²) in [6, 6.07) is 7.34. The van der Waals surface area contributed by atoms with Crippen molar-refractivity contribution in [1.82, 2.24) is 15.0 Å². The van der Waals surface area contributed by atoms with Crippen LogP contribution in [0.25, 0.3) is 0 Å². The van der Waals surface area contributed by atoms with Gasteiger partial charge in [0.05, 0.1) is 12.3 Å². The number of aromatic nitrogens is 3. The second-order valence-electron chi connectivity index (χ2n) is 4.89. The van der Waals surface area contributed by atoms with Gasteiger partial charge in [-0.1, -0.05) is 30.7 Å². The molecule has 0 radical (unpaired) electrons. The van der Waals surface area contributed by atoms with Crippen LogP contribution < -0.4 is 10.5 Å². The van der Waals surface area contributed by atoms with Gasteiger partial charge in [-0.15, -0.1) is 5.10 Å². The fourth-order valence-corrected chi connectivity index (χ4v) is 2.15. The summed E-state index contributed by atoms with van der Waals surface area (Å²) in [5.74, 6) is 1.64. The lowest BCUT2D eigenvalue weighted by atomic mass is 10.1. The van der Waals surface area contributed by atoms with Crippen LogP contribution >= 0.6 is 11.6 Å². The number of benzene rings is 1. The van der Waals surface area contributed by atoms with Crippen LogP contribution in [0.4, 0.5) is 5.82 Å². The molecule has 6 heteroatoms. The lowest BCUT2D eigenvalue weighted by molar-refractivity contribution is 0.296. The molecule has 0 bridgehead atoms. The molecule has 0 atom stereocenters. The first-order valence-corrected chi connectivity index (χ1v) is 7.03. The molecule has 0 saturated carbocycles. The highest BCUT2D eigenvalue weighted by atomic mass is 35.5. The molecule has 1 aromatic carbocycles. The van der Waals surface area contributed by atoms with Gasteiger partial charge < -0.3 is 10.5 Å². The third kappa shape index (κ3) is 3.63. The normalized spacial score (nSPS) is 11.0. The number of anilines is 1. The molecule has 108 valence electrons. The fraction of sp³-hybridized carbons (Fsp3) is 0.429. The van der Waals surface area contributed by atoms with Crippen LogP contribution in [-0.2, 0) is 6.54 Å². The minimum absolute atomic E-state index is 0.308. The number of ether oxygens (including phenoxy) is 1. The van der Waals surface area contributed by atoms with Gasteiger partial charge in [0.1, 0.15) is 5.75 Å². The van der Waals surface area contributed by atoms with Crippen molar-refractivity contribution in [3.05, 3.63) is 35.0 Å². The highest BCUT2D eigenvalue weighted by Gasteiger charge is 2.13. The first kappa shape index (κ1) is 14.7. The summed E-state index contributed by atoms with van der Waals surface area (Å²) in [5, 5.41) is 8.69. The molecule has 1 aromatic heterocycles. The Morgan fingerprint density at radius 3 is 2.65 bits per heavy atom. The van der Waals surface area contributed by atoms with Crippen molar-refractivity contribution in [3.8, 4) is 5.75 Å². The lowest BCUT2D eigenvalue weighted by Gasteiger charge is -2.10. The quantitative estimate of drug-likeness (QED) is 0.831. The fourth-order valence-electron chi connectivity index (χ4n) is 2.03. The molecule has 0 unspecified atom stereocenters. The molecule has 0 spiro atoms. The monoisotopic (exact) mass is 294 g/mol. The second-order valence-corrected chi connectivity index (χ2v) is 5.33. The third-order valence-electron chi connectivity index (χ3n) is 2.94. The van der Waals surface area contributed by atoms with Crippen LogP contribution in [0.5, 0.6) is 5.75 Å². The van der Waals surface area contributed by atoms with Gasteiger partial charge in [-0.05, 0) is 30.2 Å². The molecule has 0 aliphatic carbocycles. The number of hydrogen-bond acceptors (Lipinski definition) is 4. The average Bonchev–Trinajstić information content (AvgIpc) is 2.78. The van der Waals surface area contributed by atoms with Crippen LogP contribution in [-0.4, -0.2) is 21.6 Å². The Balaban J connectivity index is 1.83. The van der Waals surface area contributed by atoms with Crippen molar-refractivity contribution < 1.29 is 4.74 Å². The Hall–Kier alpha value is -1.75. The van der Waals surface area contributed by atoms with Gasteiger partial charge in [-0.2, -0.15) is 0 Å². The molecular formula is C14H19ClN4O. The first-order valence-electron chi connectivity index (χ1n) is 6.65. The number of nitrogens with zero attached hydrogens (tertiary/aromatic N) is 3. The van der Waals surface area contributed by atoms with Crippen molar-refractivity contribution in [1.29, 1.82) is 0 Å². The van der Waals surface area contributed by atoms with Gasteiger partial charge in [0.2, 0.25) is 0 Å². The maximum absolute atomic E-state index is 5.82. The van der Waals surface area contributed by atoms with Crippen LogP contribution in [0.2, 0.25) is 5.02 Å². The van der Waals surface area contributed by atoms with Gasteiger partial charge in [0.25, 0.3) is 0 Å². The minimum Gasteiger partial charge on any atom is -0.494 e. The summed E-state index contributed by atoms with van der Waals surface area (Å²) >= 11 is 5.82. The summed E-state index contributed by atoms with van der Waals surface area (Å²) in [6.07, 6.45) is 0.838. The topological polar surface area (TPSA) is 66.0 Å². The highest BCUT2D eigenvalue weighted by molar-refractivity contribution is 6.30. The van der Waals surface area contributed by atoms with Gasteiger partial charge >= 0.3 is 0 Å². The molecule has 0 aliphatic heterocycles. The van der Waals surface area contributed by atoms with E-state index in [0.717, 1.165) is 24.4 Å². The maximum Gasteiger partial charge on any atom is 0.169 e. The molecule has 5 nitrogen and oxygen atoms in total. The molecule has 0 saturated heterocycles. The van der Waals surface area contributed by atoms with E-state index in [-0.39, 0.29) is 0 Å². The molecule has 2 N–H and O–H groups in total. The van der Waals surface area contributed by atoms with E-state index in [0.29, 0.717) is 23.4 Å². The van der Waals surface area contributed by atoms with Crippen molar-refractivity contribution in [2.45, 2.75) is 32.7 Å². The van der Waals surface area contributed by atoms with E-state index in [1.807, 2.05) is 28.9 Å². The predicted molar refractivity (Wildman–Crippen MR) is 80.1 cm³/mol. The van der Waals surface area contributed by atoms with Crippen LogP contribution in [0.1, 0.15) is 31.9 Å². The van der Waals surface area contributed by atoms with Crippen LogP contribution in [0, 0.1) is 0 Å². The molecule has 0 aliphatic rings. The zero-order valence-electron chi connectivity index (χ0n) is 11.7. The van der Waals surface area contributed by atoms with Crippen molar-refractivity contribution >= 4 is 17.4 Å². The predicted octanol–water partition coefficient (Wildman–Crippen LogP) is 3.11. The van der Waals surface area contributed by atoms with Crippen LogP contribution in [0.3, 0.4) is 0 Å². The lowest BCUT2D eigenvalue weighted by Crippen LogP contribution is -2.10. The molecule has 2 rings (SSSR count). The zero-order chi connectivity index (χ0) is 14.5. The Morgan fingerprint density at radius 1 is 1.30 bits per heavy atom. The Kier molecular flexibility index (Phi) is 4.84. The summed E-state index contributed by atoms with van der Waals surface area (Å²) < 4.78 is 7.49. The van der Waals surface area contributed by atoms with E-state index >= 15 is 0 Å². The highest BCUT2D eigenvalue weighted by Crippen LogP contribution is 2.19. The van der Waals surface area contributed by atoms with Gasteiger partial charge in [-0.3, -0.25) is 0 Å². The summed E-state index contributed by atoms with van der Waals surface area (Å²) in [4.78, 5) is 0. The van der Waals surface area contributed by atoms with E-state index < -0.39 is 0 Å². The number of hydrogen-bond donors (Lipinski definition) is 1. The van der Waals surface area contributed by atoms with Crippen molar-refractivity contribution in [3.63, 3.8) is 0 Å². The summed E-state index contributed by atoms with van der Waals surface area (Å²) in [5.41, 5.74) is 6.80. The Bertz CT molecular complexity index is 551. The molecule has 0 amide bonds. The Morgan fingerprint density at radius 2 is 2.00 bits per heavy atom. The van der Waals surface area contributed by atoms with Gasteiger partial charge in [0.15, 0.2) is 5.82 Å². The SMILES string of the molecule is CC(C)c1c(N)nnn1CCCOc1ccc(Cl)cc1. The average molecular weight is 295 g/mol. The van der Waals surface area contributed by atoms with E-state index in [1.54, 1.807) is 0 Å². The number of halogens is 1. The number of aryl methyl sites for hydroxylation is 1.